The maximum atomic E-state index is 13.2. The van der Waals surface area contributed by atoms with Crippen LogP contribution in [0.1, 0.15) is 5.56 Å². The molecule has 0 unspecified atom stereocenters. The molecule has 1 aromatic carbocycles. The van der Waals surface area contributed by atoms with Crippen LogP contribution in [0.25, 0.3) is 11.3 Å². The summed E-state index contributed by atoms with van der Waals surface area (Å²) in [5, 5.41) is 0.479. The average molecular weight is 244 g/mol. The van der Waals surface area contributed by atoms with E-state index in [4.69, 9.17) is 23.2 Å². The summed E-state index contributed by atoms with van der Waals surface area (Å²) in [7, 11) is 0. The van der Waals surface area contributed by atoms with Crippen molar-refractivity contribution >= 4 is 23.2 Å². The van der Waals surface area contributed by atoms with Crippen molar-refractivity contribution in [3.63, 3.8) is 0 Å². The van der Waals surface area contributed by atoms with E-state index in [0.717, 1.165) is 11.3 Å². The normalized spacial score (nSPS) is 10.7. The van der Waals surface area contributed by atoms with Crippen molar-refractivity contribution in [3.05, 3.63) is 45.8 Å². The van der Waals surface area contributed by atoms with Crippen molar-refractivity contribution in [1.82, 2.24) is 4.98 Å². The van der Waals surface area contributed by atoms with E-state index in [1.54, 1.807) is 0 Å². The van der Waals surface area contributed by atoms with Crippen molar-refractivity contribution < 1.29 is 4.39 Å². The van der Waals surface area contributed by atoms with Gasteiger partial charge in [0.1, 0.15) is 5.82 Å². The third-order valence-electron chi connectivity index (χ3n) is 2.14. The lowest BCUT2D eigenvalue weighted by molar-refractivity contribution is 0.628. The van der Waals surface area contributed by atoms with Crippen molar-refractivity contribution in [3.8, 4) is 11.3 Å². The fourth-order valence-corrected chi connectivity index (χ4v) is 2.00. The molecule has 0 spiro atoms. The predicted octanol–water partition coefficient (Wildman–Crippen LogP) is 4.44. The molecular formula is C11H8Cl2FN. The highest BCUT2D eigenvalue weighted by Crippen LogP contribution is 2.35. The zero-order chi connectivity index (χ0) is 11.0. The number of H-pyrrole nitrogens is 1. The van der Waals surface area contributed by atoms with Crippen molar-refractivity contribution in [1.29, 1.82) is 0 Å². The molecule has 0 aliphatic rings. The van der Waals surface area contributed by atoms with E-state index in [1.807, 2.05) is 19.2 Å². The zero-order valence-electron chi connectivity index (χ0n) is 7.94. The maximum absolute atomic E-state index is 13.2. The van der Waals surface area contributed by atoms with E-state index in [1.165, 1.54) is 12.1 Å². The van der Waals surface area contributed by atoms with Gasteiger partial charge in [-0.15, -0.1) is 0 Å². The summed E-state index contributed by atoms with van der Waals surface area (Å²) in [6.07, 6.45) is 1.81. The minimum absolute atomic E-state index is 0.0457. The number of benzene rings is 1. The van der Waals surface area contributed by atoms with Gasteiger partial charge in [0.05, 0.1) is 10.0 Å². The molecule has 1 N–H and O–H groups in total. The number of hydrogen-bond acceptors (Lipinski definition) is 0. The molecule has 0 amide bonds. The van der Waals surface area contributed by atoms with Crippen LogP contribution in [-0.4, -0.2) is 4.98 Å². The van der Waals surface area contributed by atoms with Crippen molar-refractivity contribution in [2.75, 3.05) is 0 Å². The lowest BCUT2D eigenvalue weighted by Gasteiger charge is -2.05. The molecule has 0 bridgehead atoms. The van der Waals surface area contributed by atoms with E-state index >= 15 is 0 Å². The first-order valence-electron chi connectivity index (χ1n) is 4.38. The van der Waals surface area contributed by atoms with Gasteiger partial charge in [0.25, 0.3) is 0 Å². The molecule has 78 valence electrons. The van der Waals surface area contributed by atoms with Gasteiger partial charge < -0.3 is 4.98 Å². The summed E-state index contributed by atoms with van der Waals surface area (Å²) >= 11 is 11.8. The van der Waals surface area contributed by atoms with Crippen LogP contribution in [0.15, 0.2) is 24.4 Å². The Morgan fingerprint density at radius 2 is 2.00 bits per heavy atom. The largest absolute Gasteiger partial charge is 0.361 e. The van der Waals surface area contributed by atoms with E-state index < -0.39 is 5.82 Å². The second-order valence-electron chi connectivity index (χ2n) is 3.31. The van der Waals surface area contributed by atoms with E-state index in [-0.39, 0.29) is 5.02 Å². The molecule has 0 saturated heterocycles. The van der Waals surface area contributed by atoms with Gasteiger partial charge in [-0.1, -0.05) is 23.2 Å². The highest BCUT2D eigenvalue weighted by Gasteiger charge is 2.13. The minimum Gasteiger partial charge on any atom is -0.361 e. The summed E-state index contributed by atoms with van der Waals surface area (Å²) in [5.41, 5.74) is 2.27. The van der Waals surface area contributed by atoms with Gasteiger partial charge in [-0.2, -0.15) is 0 Å². The lowest BCUT2D eigenvalue weighted by Crippen LogP contribution is -1.85. The molecule has 0 fully saturated rings. The zero-order valence-corrected chi connectivity index (χ0v) is 9.46. The first-order valence-corrected chi connectivity index (χ1v) is 5.14. The van der Waals surface area contributed by atoms with E-state index in [2.05, 4.69) is 4.98 Å². The first-order chi connectivity index (χ1) is 7.09. The van der Waals surface area contributed by atoms with Gasteiger partial charge in [-0.05, 0) is 30.7 Å². The van der Waals surface area contributed by atoms with Crippen LogP contribution in [0.5, 0.6) is 0 Å². The number of aryl methyl sites for hydroxylation is 1. The van der Waals surface area contributed by atoms with Gasteiger partial charge in [0.15, 0.2) is 0 Å². The van der Waals surface area contributed by atoms with Crippen molar-refractivity contribution in [2.24, 2.45) is 0 Å². The Morgan fingerprint density at radius 1 is 1.27 bits per heavy atom. The number of halogens is 3. The van der Waals surface area contributed by atoms with Crippen LogP contribution in [0.4, 0.5) is 4.39 Å². The van der Waals surface area contributed by atoms with Gasteiger partial charge in [0, 0.05) is 17.5 Å². The molecule has 1 nitrogen and oxygen atoms in total. The Balaban J connectivity index is 2.66. The number of rotatable bonds is 1. The summed E-state index contributed by atoms with van der Waals surface area (Å²) in [4.78, 5) is 3.00. The number of aromatic nitrogens is 1. The topological polar surface area (TPSA) is 15.8 Å². The molecule has 4 heteroatoms. The second-order valence-corrected chi connectivity index (χ2v) is 4.09. The van der Waals surface area contributed by atoms with Crippen LogP contribution in [-0.2, 0) is 0 Å². The molecule has 0 aliphatic heterocycles. The van der Waals surface area contributed by atoms with Crippen molar-refractivity contribution in [2.45, 2.75) is 6.92 Å². The molecule has 0 radical (unpaired) electrons. The Hall–Kier alpha value is -0.990. The summed E-state index contributed by atoms with van der Waals surface area (Å²) in [6.45, 7) is 1.93. The van der Waals surface area contributed by atoms with Crippen LogP contribution in [0, 0.1) is 12.7 Å². The monoisotopic (exact) mass is 243 g/mol. The molecular weight excluding hydrogens is 236 g/mol. The Kier molecular flexibility index (Phi) is 2.72. The molecule has 15 heavy (non-hydrogen) atoms. The standard InChI is InChI=1S/C11H8Cl2FN/c1-6-4-9(15-5-6)10-7(12)2-3-8(14)11(10)13/h2-5,15H,1H3. The average Bonchev–Trinajstić information content (AvgIpc) is 2.59. The fourth-order valence-electron chi connectivity index (χ4n) is 1.42. The third kappa shape index (κ3) is 1.87. The van der Waals surface area contributed by atoms with Gasteiger partial charge in [-0.3, -0.25) is 0 Å². The predicted molar refractivity (Wildman–Crippen MR) is 60.9 cm³/mol. The Labute approximate surface area is 96.8 Å². The summed E-state index contributed by atoms with van der Waals surface area (Å²) in [6, 6.07) is 4.62. The molecule has 0 atom stereocenters. The highest BCUT2D eigenvalue weighted by atomic mass is 35.5. The number of nitrogens with one attached hydrogen (secondary N) is 1. The van der Waals surface area contributed by atoms with E-state index in [0.29, 0.717) is 10.6 Å². The molecule has 0 aliphatic carbocycles. The summed E-state index contributed by atoms with van der Waals surface area (Å²) in [5.74, 6) is -0.469. The lowest BCUT2D eigenvalue weighted by atomic mass is 10.1. The third-order valence-corrected chi connectivity index (χ3v) is 2.83. The fraction of sp³-hybridized carbons (Fsp3) is 0.0909. The minimum atomic E-state index is -0.469. The smallest absolute Gasteiger partial charge is 0.142 e. The van der Waals surface area contributed by atoms with Crippen LogP contribution < -0.4 is 0 Å². The quantitative estimate of drug-likeness (QED) is 0.714. The van der Waals surface area contributed by atoms with Crippen LogP contribution in [0.3, 0.4) is 0 Å². The summed E-state index contributed by atoms with van der Waals surface area (Å²) < 4.78 is 13.2. The molecule has 1 heterocycles. The van der Waals surface area contributed by atoms with Crippen LogP contribution in [0.2, 0.25) is 10.0 Å². The highest BCUT2D eigenvalue weighted by molar-refractivity contribution is 6.39. The van der Waals surface area contributed by atoms with Gasteiger partial charge in [0.2, 0.25) is 0 Å². The molecule has 1 aromatic heterocycles. The van der Waals surface area contributed by atoms with Gasteiger partial charge >= 0.3 is 0 Å². The molecule has 2 aromatic rings. The van der Waals surface area contributed by atoms with E-state index in [9.17, 15) is 4.39 Å². The Bertz CT molecular complexity index is 505. The second kappa shape index (κ2) is 3.87. The van der Waals surface area contributed by atoms with Crippen LogP contribution >= 0.6 is 23.2 Å². The van der Waals surface area contributed by atoms with Gasteiger partial charge in [-0.25, -0.2) is 4.39 Å². The number of hydrogen-bond donors (Lipinski definition) is 1. The first kappa shape index (κ1) is 10.5. The molecule has 2 rings (SSSR count). The Morgan fingerprint density at radius 3 is 2.60 bits per heavy atom. The number of aromatic amines is 1. The SMILES string of the molecule is Cc1c[nH]c(-c2c(Cl)ccc(F)c2Cl)c1. The maximum Gasteiger partial charge on any atom is 0.142 e. The molecule has 0 saturated carbocycles.